The fourth-order valence-corrected chi connectivity index (χ4v) is 41.0. The summed E-state index contributed by atoms with van der Waals surface area (Å²) in [6.07, 6.45) is 9.10. The third kappa shape index (κ3) is 5.88. The van der Waals surface area contributed by atoms with Gasteiger partial charge in [-0.3, -0.25) is 0 Å². The summed E-state index contributed by atoms with van der Waals surface area (Å²) in [6, 6.07) is 27.7. The van der Waals surface area contributed by atoms with E-state index in [1.165, 1.54) is 77.9 Å². The van der Waals surface area contributed by atoms with Crippen molar-refractivity contribution in [1.82, 2.24) is 0 Å². The first kappa shape index (κ1) is 37.8. The summed E-state index contributed by atoms with van der Waals surface area (Å²) in [7, 11) is 17.8. The van der Waals surface area contributed by atoms with Gasteiger partial charge in [-0.1, -0.05) is 0 Å². The van der Waals surface area contributed by atoms with Gasteiger partial charge in [0, 0.05) is 0 Å². The molecule has 0 heterocycles. The molecule has 50 heavy (non-hydrogen) atoms. The molecule has 0 amide bonds. The third-order valence-electron chi connectivity index (χ3n) is 12.3. The van der Waals surface area contributed by atoms with E-state index in [4.69, 9.17) is 17.0 Å². The number of benzene rings is 4. The summed E-state index contributed by atoms with van der Waals surface area (Å²) >= 11 is -4.96. The van der Waals surface area contributed by atoms with Crippen LogP contribution in [0, 0.1) is 11.8 Å². The van der Waals surface area contributed by atoms with E-state index in [0.29, 0.717) is 11.8 Å². The number of hydrogen-bond donors (Lipinski definition) is 0. The van der Waals surface area contributed by atoms with Crippen molar-refractivity contribution in [1.29, 1.82) is 0 Å². The van der Waals surface area contributed by atoms with Crippen LogP contribution in [0.5, 0.6) is 0 Å². The average Bonchev–Trinajstić information content (AvgIpc) is 3.72. The molecule has 0 fully saturated rings. The number of aryl methyl sites for hydroxylation is 4. The minimum atomic E-state index is -4.96. The summed E-state index contributed by atoms with van der Waals surface area (Å²) in [6.45, 7) is 23.6. The van der Waals surface area contributed by atoms with Gasteiger partial charge in [0.25, 0.3) is 0 Å². The minimum absolute atomic E-state index is 0.0789. The van der Waals surface area contributed by atoms with Gasteiger partial charge in [-0.05, 0) is 0 Å². The molecule has 0 aromatic heterocycles. The predicted octanol–water partition coefficient (Wildman–Crippen LogP) is 14.1. The summed E-state index contributed by atoms with van der Waals surface area (Å²) in [4.78, 5) is 0. The zero-order valence-corrected chi connectivity index (χ0v) is 37.2. The third-order valence-corrected chi connectivity index (χ3v) is 63.9. The van der Waals surface area contributed by atoms with Crippen molar-refractivity contribution >= 4 is 35.1 Å². The van der Waals surface area contributed by atoms with Crippen molar-refractivity contribution in [3.63, 3.8) is 0 Å². The predicted molar refractivity (Wildman–Crippen MR) is 223 cm³/mol. The topological polar surface area (TPSA) is 0 Å². The quantitative estimate of drug-likeness (QED) is 0.133. The first-order chi connectivity index (χ1) is 23.8. The van der Waals surface area contributed by atoms with Gasteiger partial charge in [-0.15, -0.1) is 0 Å². The van der Waals surface area contributed by atoms with Crippen LogP contribution in [-0.4, -0.2) is 5.92 Å². The molecule has 263 valence electrons. The summed E-state index contributed by atoms with van der Waals surface area (Å²) in [5.74, 6) is -1.01. The molecule has 0 bridgehead atoms. The molecule has 2 atom stereocenters. The van der Waals surface area contributed by atoms with Crippen LogP contribution in [0.4, 0.5) is 0 Å². The SMILES string of the molecule is CCc1ccccc1-c1c(CC)ccc2c1C=C(C(C)C)[CH]2[Zr]([Cl])([Cl])([CH]1C(C(C)C)=Cc2c1ccc(CC)c2-c1ccccc1CC)[SiH](C)C. The Morgan fingerprint density at radius 2 is 0.900 bits per heavy atom. The van der Waals surface area contributed by atoms with Crippen LogP contribution in [0.15, 0.2) is 83.9 Å². The van der Waals surface area contributed by atoms with Crippen LogP contribution in [0.25, 0.3) is 34.4 Å². The first-order valence-electron chi connectivity index (χ1n) is 19.3. The van der Waals surface area contributed by atoms with Crippen molar-refractivity contribution in [3.05, 3.63) is 128 Å². The molecule has 0 aliphatic heterocycles. The standard InChI is InChI=1S/2C22H25.C2H7Si.2ClH.Zr/c2*1-5-16-9-7-8-10-20(16)22-17(6-2)11-12-18-13-19(15(3)4)14-21(18)22;1-3-2;;;/h2*7-15H,5-6H2,1-4H3;3H,1-2H3;2*1H;/q;;;;;+2/p-2. The number of hydrogen-bond acceptors (Lipinski definition) is 0. The van der Waals surface area contributed by atoms with Gasteiger partial charge >= 0.3 is 315 Å². The molecule has 2 unspecified atom stereocenters. The molecule has 0 N–H and O–H groups in total. The monoisotopic (exact) mass is 797 g/mol. The molecule has 0 nitrogen and oxygen atoms in total. The van der Waals surface area contributed by atoms with Gasteiger partial charge < -0.3 is 0 Å². The molecule has 0 saturated heterocycles. The summed E-state index contributed by atoms with van der Waals surface area (Å²) < 4.78 is 0.158. The maximum absolute atomic E-state index is 8.89. The molecule has 6 rings (SSSR count). The van der Waals surface area contributed by atoms with Gasteiger partial charge in [0.05, 0.1) is 0 Å². The second-order valence-electron chi connectivity index (χ2n) is 15.8. The second-order valence-corrected chi connectivity index (χ2v) is 58.3. The molecule has 4 heteroatoms. The van der Waals surface area contributed by atoms with E-state index in [1.54, 1.807) is 0 Å². The Balaban J connectivity index is 1.68. The maximum atomic E-state index is 8.89. The van der Waals surface area contributed by atoms with E-state index in [9.17, 15) is 0 Å². The van der Waals surface area contributed by atoms with Crippen molar-refractivity contribution in [2.75, 3.05) is 0 Å². The van der Waals surface area contributed by atoms with Crippen LogP contribution in [0.2, 0.25) is 13.1 Å². The average molecular weight is 800 g/mol. The normalized spacial score (nSPS) is 17.9. The molecule has 4 aromatic carbocycles. The van der Waals surface area contributed by atoms with Gasteiger partial charge in [0.1, 0.15) is 0 Å². The van der Waals surface area contributed by atoms with Crippen LogP contribution >= 0.6 is 17.0 Å². The fraction of sp³-hybridized carbons (Fsp3) is 0.391. The number of halogens is 2. The molecule has 2 aliphatic carbocycles. The van der Waals surface area contributed by atoms with Crippen LogP contribution in [-0.2, 0) is 41.2 Å². The van der Waals surface area contributed by atoms with Crippen LogP contribution in [0.1, 0.15) is 107 Å². The molecule has 0 saturated carbocycles. The summed E-state index contributed by atoms with van der Waals surface area (Å²) in [5.41, 5.74) is 19.6. The molecule has 0 radical (unpaired) electrons. The van der Waals surface area contributed by atoms with Crippen LogP contribution in [0.3, 0.4) is 0 Å². The van der Waals surface area contributed by atoms with E-state index in [1.807, 2.05) is 0 Å². The van der Waals surface area contributed by atoms with Gasteiger partial charge in [0.15, 0.2) is 0 Å². The number of allylic oxidation sites excluding steroid dienone is 2. The molecular formula is C46H57Cl2SiZr. The number of fused-ring (bicyclic) bond motifs is 2. The zero-order valence-electron chi connectivity index (χ0n) is 32.1. The fourth-order valence-electron chi connectivity index (χ4n) is 9.47. The van der Waals surface area contributed by atoms with Gasteiger partial charge in [0.2, 0.25) is 0 Å². The Morgan fingerprint density at radius 1 is 0.540 bits per heavy atom. The zero-order chi connectivity index (χ0) is 36.1. The van der Waals surface area contributed by atoms with Crippen molar-refractivity contribution in [3.8, 4) is 22.3 Å². The number of rotatable bonds is 11. The van der Waals surface area contributed by atoms with Gasteiger partial charge in [-0.2, -0.15) is 0 Å². The van der Waals surface area contributed by atoms with Crippen LogP contribution < -0.4 is 0 Å². The van der Waals surface area contributed by atoms with E-state index in [0.717, 1.165) is 25.7 Å². The van der Waals surface area contributed by atoms with E-state index >= 15 is 0 Å². The Bertz CT molecular complexity index is 1860. The Hall–Kier alpha value is -1.96. The van der Waals surface area contributed by atoms with Gasteiger partial charge in [-0.25, -0.2) is 0 Å². The Morgan fingerprint density at radius 3 is 1.22 bits per heavy atom. The Kier molecular flexibility index (Phi) is 10.9. The van der Waals surface area contributed by atoms with Crippen molar-refractivity contribution in [2.24, 2.45) is 11.8 Å². The van der Waals surface area contributed by atoms with E-state index in [-0.39, 0.29) is 7.25 Å². The molecule has 2 aliphatic rings. The van der Waals surface area contributed by atoms with E-state index in [2.05, 4.69) is 153 Å². The summed E-state index contributed by atoms with van der Waals surface area (Å²) in [5, 5.41) is 0. The molecule has 0 spiro atoms. The molecular weight excluding hydrogens is 743 g/mol. The van der Waals surface area contributed by atoms with Crippen molar-refractivity contribution in [2.45, 2.75) is 101 Å². The first-order valence-corrected chi connectivity index (χ1v) is 35.6. The Labute approximate surface area is 312 Å². The molecule has 4 aromatic rings. The van der Waals surface area contributed by atoms with Crippen molar-refractivity contribution < 1.29 is 15.6 Å². The van der Waals surface area contributed by atoms with E-state index < -0.39 is 21.5 Å². The second kappa shape index (κ2) is 14.5.